The summed E-state index contributed by atoms with van der Waals surface area (Å²) in [4.78, 5) is 0. The lowest BCUT2D eigenvalue weighted by atomic mass is 9.99. The van der Waals surface area contributed by atoms with Crippen LogP contribution in [-0.2, 0) is 13.0 Å². The van der Waals surface area contributed by atoms with Crippen molar-refractivity contribution in [1.82, 2.24) is 14.8 Å². The Morgan fingerprint density at radius 3 is 3.06 bits per heavy atom. The first kappa shape index (κ1) is 11.3. The lowest BCUT2D eigenvalue weighted by Gasteiger charge is -2.21. The van der Waals surface area contributed by atoms with Crippen LogP contribution in [0.1, 0.15) is 12.2 Å². The highest BCUT2D eigenvalue weighted by Gasteiger charge is 2.23. The number of aromatic nitrogens is 3. The zero-order valence-corrected chi connectivity index (χ0v) is 9.88. The molecule has 0 spiro atoms. The van der Waals surface area contributed by atoms with Crippen LogP contribution < -0.4 is 0 Å². The molecule has 0 aliphatic carbocycles. The van der Waals surface area contributed by atoms with E-state index in [2.05, 4.69) is 10.2 Å². The molecule has 0 radical (unpaired) electrons. The summed E-state index contributed by atoms with van der Waals surface area (Å²) in [7, 11) is 0. The molecule has 0 saturated carbocycles. The number of halogens is 1. The van der Waals surface area contributed by atoms with E-state index < -0.39 is 0 Å². The topological polar surface area (TPSA) is 50.9 Å². The van der Waals surface area contributed by atoms with E-state index in [1.54, 1.807) is 6.07 Å². The van der Waals surface area contributed by atoms with Crippen molar-refractivity contribution < 1.29 is 9.50 Å². The van der Waals surface area contributed by atoms with Crippen molar-refractivity contribution in [2.45, 2.75) is 19.4 Å². The summed E-state index contributed by atoms with van der Waals surface area (Å²) >= 11 is 0. The summed E-state index contributed by atoms with van der Waals surface area (Å²) in [5.41, 5.74) is 0.746. The van der Waals surface area contributed by atoms with Gasteiger partial charge in [-0.05, 0) is 24.5 Å². The molecule has 3 rings (SSSR count). The minimum Gasteiger partial charge on any atom is -0.396 e. The number of fused-ring (bicyclic) bond motifs is 1. The lowest BCUT2D eigenvalue weighted by molar-refractivity contribution is 0.199. The van der Waals surface area contributed by atoms with Crippen molar-refractivity contribution in [2.24, 2.45) is 5.92 Å². The van der Waals surface area contributed by atoms with E-state index in [0.717, 1.165) is 30.8 Å². The van der Waals surface area contributed by atoms with Gasteiger partial charge in [0.2, 0.25) is 0 Å². The van der Waals surface area contributed by atoms with Crippen LogP contribution in [0.3, 0.4) is 0 Å². The SMILES string of the molecule is OCC1CCn2c(nnc2-c2cccc(F)c2)C1. The van der Waals surface area contributed by atoms with Crippen molar-refractivity contribution in [3.63, 3.8) is 0 Å². The van der Waals surface area contributed by atoms with Crippen LogP contribution >= 0.6 is 0 Å². The standard InChI is InChI=1S/C13H14FN3O/c14-11-3-1-2-10(7-11)13-16-15-12-6-9(8-18)4-5-17(12)13/h1-3,7,9,18H,4-6,8H2. The van der Waals surface area contributed by atoms with Gasteiger partial charge in [0.25, 0.3) is 0 Å². The zero-order valence-electron chi connectivity index (χ0n) is 9.88. The van der Waals surface area contributed by atoms with Gasteiger partial charge in [0, 0.05) is 25.1 Å². The second-order valence-corrected chi connectivity index (χ2v) is 4.64. The summed E-state index contributed by atoms with van der Waals surface area (Å²) in [5, 5.41) is 17.5. The first-order valence-electron chi connectivity index (χ1n) is 6.07. The molecular formula is C13H14FN3O. The first-order chi connectivity index (χ1) is 8.78. The van der Waals surface area contributed by atoms with Gasteiger partial charge in [0.15, 0.2) is 5.82 Å². The van der Waals surface area contributed by atoms with Crippen molar-refractivity contribution >= 4 is 0 Å². The van der Waals surface area contributed by atoms with Crippen LogP contribution in [-0.4, -0.2) is 26.5 Å². The first-order valence-corrected chi connectivity index (χ1v) is 6.07. The van der Waals surface area contributed by atoms with Gasteiger partial charge < -0.3 is 9.67 Å². The monoisotopic (exact) mass is 247 g/mol. The van der Waals surface area contributed by atoms with Gasteiger partial charge in [-0.15, -0.1) is 10.2 Å². The average molecular weight is 247 g/mol. The molecule has 1 aromatic heterocycles. The Morgan fingerprint density at radius 1 is 1.39 bits per heavy atom. The predicted octanol–water partition coefficient (Wildman–Crippen LogP) is 1.64. The van der Waals surface area contributed by atoms with Crippen LogP contribution in [0.2, 0.25) is 0 Å². The third-order valence-corrected chi connectivity index (χ3v) is 3.40. The molecule has 1 aliphatic heterocycles. The second-order valence-electron chi connectivity index (χ2n) is 4.64. The second kappa shape index (κ2) is 4.49. The largest absolute Gasteiger partial charge is 0.396 e. The van der Waals surface area contributed by atoms with E-state index in [4.69, 9.17) is 5.11 Å². The predicted molar refractivity (Wildman–Crippen MR) is 64.3 cm³/mol. The maximum absolute atomic E-state index is 13.2. The minimum atomic E-state index is -0.270. The molecule has 0 amide bonds. The molecule has 2 aromatic rings. The quantitative estimate of drug-likeness (QED) is 0.877. The molecule has 0 bridgehead atoms. The maximum Gasteiger partial charge on any atom is 0.164 e. The van der Waals surface area contributed by atoms with Crippen LogP contribution in [0.15, 0.2) is 24.3 Å². The van der Waals surface area contributed by atoms with Crippen LogP contribution in [0.5, 0.6) is 0 Å². The molecule has 18 heavy (non-hydrogen) atoms. The third kappa shape index (κ3) is 1.90. The third-order valence-electron chi connectivity index (χ3n) is 3.40. The Bertz CT molecular complexity index is 567. The van der Waals surface area contributed by atoms with E-state index in [0.29, 0.717) is 5.82 Å². The highest BCUT2D eigenvalue weighted by Crippen LogP contribution is 2.25. The Hall–Kier alpha value is -1.75. The molecule has 94 valence electrons. The lowest BCUT2D eigenvalue weighted by Crippen LogP contribution is -2.22. The zero-order chi connectivity index (χ0) is 12.5. The highest BCUT2D eigenvalue weighted by atomic mass is 19.1. The van der Waals surface area contributed by atoms with E-state index >= 15 is 0 Å². The molecule has 1 atom stereocenters. The number of hydrogen-bond acceptors (Lipinski definition) is 3. The van der Waals surface area contributed by atoms with E-state index in [1.807, 2.05) is 10.6 Å². The van der Waals surface area contributed by atoms with Crippen molar-refractivity contribution in [3.8, 4) is 11.4 Å². The number of benzene rings is 1. The van der Waals surface area contributed by atoms with Gasteiger partial charge in [-0.1, -0.05) is 12.1 Å². The fourth-order valence-corrected chi connectivity index (χ4v) is 2.39. The number of aliphatic hydroxyl groups is 1. The number of hydrogen-bond donors (Lipinski definition) is 1. The molecule has 1 aromatic carbocycles. The van der Waals surface area contributed by atoms with Gasteiger partial charge in [-0.3, -0.25) is 0 Å². The summed E-state index contributed by atoms with van der Waals surface area (Å²) in [6, 6.07) is 6.39. The Balaban J connectivity index is 1.98. The van der Waals surface area contributed by atoms with E-state index in [-0.39, 0.29) is 18.3 Å². The highest BCUT2D eigenvalue weighted by molar-refractivity contribution is 5.55. The van der Waals surface area contributed by atoms with Crippen LogP contribution in [0.4, 0.5) is 4.39 Å². The molecule has 5 heteroatoms. The fourth-order valence-electron chi connectivity index (χ4n) is 2.39. The number of aliphatic hydroxyl groups excluding tert-OH is 1. The summed E-state index contributed by atoms with van der Waals surface area (Å²) in [5.74, 6) is 1.58. The van der Waals surface area contributed by atoms with Crippen LogP contribution in [0, 0.1) is 11.7 Å². The minimum absolute atomic E-state index is 0.183. The van der Waals surface area contributed by atoms with Crippen molar-refractivity contribution in [2.75, 3.05) is 6.61 Å². The summed E-state index contributed by atoms with van der Waals surface area (Å²) in [6.45, 7) is 0.960. The van der Waals surface area contributed by atoms with Gasteiger partial charge >= 0.3 is 0 Å². The Kier molecular flexibility index (Phi) is 2.83. The van der Waals surface area contributed by atoms with Gasteiger partial charge in [-0.2, -0.15) is 0 Å². The molecule has 0 fully saturated rings. The van der Waals surface area contributed by atoms with Gasteiger partial charge in [0.05, 0.1) is 0 Å². The van der Waals surface area contributed by atoms with Crippen LogP contribution in [0.25, 0.3) is 11.4 Å². The Morgan fingerprint density at radius 2 is 2.28 bits per heavy atom. The number of nitrogens with zero attached hydrogens (tertiary/aromatic N) is 3. The Labute approximate surface area is 104 Å². The summed E-state index contributed by atoms with van der Waals surface area (Å²) in [6.07, 6.45) is 1.64. The average Bonchev–Trinajstić information content (AvgIpc) is 2.81. The molecule has 2 heterocycles. The molecular weight excluding hydrogens is 233 g/mol. The van der Waals surface area contributed by atoms with E-state index in [9.17, 15) is 4.39 Å². The molecule has 1 unspecified atom stereocenters. The maximum atomic E-state index is 13.2. The van der Waals surface area contributed by atoms with E-state index in [1.165, 1.54) is 12.1 Å². The van der Waals surface area contributed by atoms with Crippen molar-refractivity contribution in [3.05, 3.63) is 35.9 Å². The fraction of sp³-hybridized carbons (Fsp3) is 0.385. The van der Waals surface area contributed by atoms with Gasteiger partial charge in [0.1, 0.15) is 11.6 Å². The normalized spacial score (nSPS) is 18.7. The molecule has 0 saturated heterocycles. The smallest absolute Gasteiger partial charge is 0.164 e. The number of rotatable bonds is 2. The van der Waals surface area contributed by atoms with Crippen molar-refractivity contribution in [1.29, 1.82) is 0 Å². The molecule has 1 aliphatic rings. The van der Waals surface area contributed by atoms with Gasteiger partial charge in [-0.25, -0.2) is 4.39 Å². The molecule has 1 N–H and O–H groups in total. The molecule has 4 nitrogen and oxygen atoms in total. The summed E-state index contributed by atoms with van der Waals surface area (Å²) < 4.78 is 15.2.